The molecule has 4 rings (SSSR count). The minimum absolute atomic E-state index is 0.152. The molecule has 1 aliphatic heterocycles. The normalized spacial score (nSPS) is 21.2. The number of fused-ring (bicyclic) bond motifs is 1. The molecule has 0 radical (unpaired) electrons. The maximum Gasteiger partial charge on any atom is 0.225 e. The standard InChI is InChI=1S/C21H24N4O/c1-24-9-11-25(12-10-24)21-22-15-18-19(23-21)13-17(14-20(18)26)8-7-16-5-3-2-4-6-16/h2-8,15,17H,9-14H2,1H3/b8-7+/t17-/m0/s1. The molecule has 1 fully saturated rings. The van der Waals surface area contributed by atoms with Crippen LogP contribution >= 0.6 is 0 Å². The fourth-order valence-electron chi connectivity index (χ4n) is 3.57. The van der Waals surface area contributed by atoms with Crippen LogP contribution in [0.2, 0.25) is 0 Å². The van der Waals surface area contributed by atoms with Gasteiger partial charge in [-0.05, 0) is 24.9 Å². The zero-order valence-electron chi connectivity index (χ0n) is 15.1. The fraction of sp³-hybridized carbons (Fsp3) is 0.381. The molecule has 2 aromatic rings. The minimum atomic E-state index is 0.152. The first kappa shape index (κ1) is 16.9. The SMILES string of the molecule is CN1CCN(c2ncc3c(n2)C[C@H](/C=C/c2ccccc2)CC3=O)CC1. The van der Waals surface area contributed by atoms with Crippen LogP contribution in [0.1, 0.15) is 28.0 Å². The second kappa shape index (κ2) is 7.38. The van der Waals surface area contributed by atoms with Gasteiger partial charge in [0.15, 0.2) is 5.78 Å². The average molecular weight is 348 g/mol. The van der Waals surface area contributed by atoms with Gasteiger partial charge in [-0.1, -0.05) is 42.5 Å². The second-order valence-electron chi connectivity index (χ2n) is 7.18. The molecule has 5 heteroatoms. The molecule has 0 saturated carbocycles. The largest absolute Gasteiger partial charge is 0.338 e. The van der Waals surface area contributed by atoms with Crippen molar-refractivity contribution in [2.75, 3.05) is 38.1 Å². The van der Waals surface area contributed by atoms with Crippen LogP contribution in [0.5, 0.6) is 0 Å². The number of piperazine rings is 1. The average Bonchev–Trinajstić information content (AvgIpc) is 2.67. The number of anilines is 1. The van der Waals surface area contributed by atoms with Gasteiger partial charge in [0, 0.05) is 38.8 Å². The summed E-state index contributed by atoms with van der Waals surface area (Å²) in [7, 11) is 2.13. The highest BCUT2D eigenvalue weighted by molar-refractivity contribution is 5.98. The number of hydrogen-bond acceptors (Lipinski definition) is 5. The van der Waals surface area contributed by atoms with E-state index in [0.29, 0.717) is 12.0 Å². The van der Waals surface area contributed by atoms with Gasteiger partial charge < -0.3 is 9.80 Å². The van der Waals surface area contributed by atoms with Gasteiger partial charge in [-0.3, -0.25) is 4.79 Å². The maximum absolute atomic E-state index is 12.5. The molecule has 1 aromatic carbocycles. The van der Waals surface area contributed by atoms with Crippen LogP contribution in [-0.4, -0.2) is 53.9 Å². The van der Waals surface area contributed by atoms with Gasteiger partial charge in [0.25, 0.3) is 0 Å². The van der Waals surface area contributed by atoms with Gasteiger partial charge in [-0.25, -0.2) is 9.97 Å². The van der Waals surface area contributed by atoms with E-state index in [4.69, 9.17) is 4.98 Å². The summed E-state index contributed by atoms with van der Waals surface area (Å²) in [5.41, 5.74) is 2.76. The lowest BCUT2D eigenvalue weighted by Crippen LogP contribution is -2.45. The lowest BCUT2D eigenvalue weighted by atomic mass is 9.86. The third-order valence-electron chi connectivity index (χ3n) is 5.21. The molecule has 0 amide bonds. The maximum atomic E-state index is 12.5. The van der Waals surface area contributed by atoms with Crippen molar-refractivity contribution in [2.24, 2.45) is 5.92 Å². The third-order valence-corrected chi connectivity index (χ3v) is 5.21. The Morgan fingerprint density at radius 3 is 2.62 bits per heavy atom. The Morgan fingerprint density at radius 2 is 1.85 bits per heavy atom. The van der Waals surface area contributed by atoms with Gasteiger partial charge in [0.05, 0.1) is 11.3 Å². The topological polar surface area (TPSA) is 49.3 Å². The van der Waals surface area contributed by atoms with Crippen molar-refractivity contribution in [3.05, 3.63) is 59.4 Å². The Bertz CT molecular complexity index is 810. The number of rotatable bonds is 3. The third kappa shape index (κ3) is 3.68. The Morgan fingerprint density at radius 1 is 1.08 bits per heavy atom. The van der Waals surface area contributed by atoms with E-state index in [1.54, 1.807) is 6.20 Å². The molecular formula is C21H24N4O. The van der Waals surface area contributed by atoms with Crippen molar-refractivity contribution >= 4 is 17.8 Å². The first-order chi connectivity index (χ1) is 12.7. The molecule has 2 aliphatic rings. The lowest BCUT2D eigenvalue weighted by Gasteiger charge is -2.33. The highest BCUT2D eigenvalue weighted by Gasteiger charge is 2.27. The van der Waals surface area contributed by atoms with Crippen molar-refractivity contribution in [1.82, 2.24) is 14.9 Å². The minimum Gasteiger partial charge on any atom is -0.338 e. The van der Waals surface area contributed by atoms with Crippen molar-refractivity contribution < 1.29 is 4.79 Å². The molecule has 0 N–H and O–H groups in total. The Balaban J connectivity index is 1.52. The fourth-order valence-corrected chi connectivity index (χ4v) is 3.57. The highest BCUT2D eigenvalue weighted by atomic mass is 16.1. The van der Waals surface area contributed by atoms with E-state index in [1.165, 1.54) is 0 Å². The monoisotopic (exact) mass is 348 g/mol. The Kier molecular flexibility index (Phi) is 4.80. The van der Waals surface area contributed by atoms with Crippen LogP contribution in [0.15, 0.2) is 42.6 Å². The van der Waals surface area contributed by atoms with E-state index in [9.17, 15) is 4.79 Å². The zero-order chi connectivity index (χ0) is 17.9. The Labute approximate surface area is 154 Å². The number of benzene rings is 1. The quantitative estimate of drug-likeness (QED) is 0.854. The number of ketones is 1. The van der Waals surface area contributed by atoms with Crippen molar-refractivity contribution in [1.29, 1.82) is 0 Å². The van der Waals surface area contributed by atoms with Crippen LogP contribution in [0.25, 0.3) is 6.08 Å². The lowest BCUT2D eigenvalue weighted by molar-refractivity contribution is 0.0957. The highest BCUT2D eigenvalue weighted by Crippen LogP contribution is 2.27. The van der Waals surface area contributed by atoms with Crippen LogP contribution in [0.3, 0.4) is 0 Å². The first-order valence-corrected chi connectivity index (χ1v) is 9.25. The van der Waals surface area contributed by atoms with Crippen LogP contribution < -0.4 is 4.90 Å². The summed E-state index contributed by atoms with van der Waals surface area (Å²) in [6, 6.07) is 10.2. The summed E-state index contributed by atoms with van der Waals surface area (Å²) in [6.07, 6.45) is 7.32. The zero-order valence-corrected chi connectivity index (χ0v) is 15.1. The number of allylic oxidation sites excluding steroid dienone is 1. The predicted molar refractivity (Wildman–Crippen MR) is 103 cm³/mol. The van der Waals surface area contributed by atoms with E-state index in [0.717, 1.165) is 49.8 Å². The molecule has 0 bridgehead atoms. The summed E-state index contributed by atoms with van der Waals surface area (Å²) in [6.45, 7) is 3.89. The van der Waals surface area contributed by atoms with Crippen LogP contribution in [0, 0.1) is 5.92 Å². The smallest absolute Gasteiger partial charge is 0.225 e. The van der Waals surface area contributed by atoms with Crippen molar-refractivity contribution in [2.45, 2.75) is 12.8 Å². The number of Topliss-reactive ketones (excluding diaryl/α,β-unsaturated/α-hetero) is 1. The van der Waals surface area contributed by atoms with E-state index < -0.39 is 0 Å². The molecule has 2 heterocycles. The van der Waals surface area contributed by atoms with Crippen LogP contribution in [0.4, 0.5) is 5.95 Å². The molecular weight excluding hydrogens is 324 g/mol. The first-order valence-electron chi connectivity index (χ1n) is 9.25. The molecule has 0 unspecified atom stereocenters. The summed E-state index contributed by atoms with van der Waals surface area (Å²) >= 11 is 0. The van der Waals surface area contributed by atoms with E-state index in [-0.39, 0.29) is 11.7 Å². The van der Waals surface area contributed by atoms with Crippen molar-refractivity contribution in [3.8, 4) is 0 Å². The number of carbonyl (C=O) groups excluding carboxylic acids is 1. The predicted octanol–water partition coefficient (Wildman–Crippen LogP) is 2.69. The van der Waals surface area contributed by atoms with Crippen LogP contribution in [-0.2, 0) is 6.42 Å². The molecule has 26 heavy (non-hydrogen) atoms. The summed E-state index contributed by atoms with van der Waals surface area (Å²) in [5, 5.41) is 0. The second-order valence-corrected chi connectivity index (χ2v) is 7.18. The van der Waals surface area contributed by atoms with Gasteiger partial charge >= 0.3 is 0 Å². The molecule has 1 aliphatic carbocycles. The van der Waals surface area contributed by atoms with E-state index in [2.05, 4.69) is 46.1 Å². The number of nitrogens with zero attached hydrogens (tertiary/aromatic N) is 4. The molecule has 134 valence electrons. The van der Waals surface area contributed by atoms with Crippen molar-refractivity contribution in [3.63, 3.8) is 0 Å². The van der Waals surface area contributed by atoms with Gasteiger partial charge in [-0.2, -0.15) is 0 Å². The number of carbonyl (C=O) groups is 1. The van der Waals surface area contributed by atoms with Gasteiger partial charge in [-0.15, -0.1) is 0 Å². The van der Waals surface area contributed by atoms with E-state index >= 15 is 0 Å². The van der Waals surface area contributed by atoms with E-state index in [1.807, 2.05) is 18.2 Å². The number of hydrogen-bond donors (Lipinski definition) is 0. The Hall–Kier alpha value is -2.53. The van der Waals surface area contributed by atoms with Gasteiger partial charge in [0.2, 0.25) is 5.95 Å². The number of likely N-dealkylation sites (N-methyl/N-ethyl adjacent to an activating group) is 1. The number of aromatic nitrogens is 2. The molecule has 1 saturated heterocycles. The summed E-state index contributed by atoms with van der Waals surface area (Å²) in [4.78, 5) is 26.3. The van der Waals surface area contributed by atoms with Gasteiger partial charge in [0.1, 0.15) is 0 Å². The molecule has 1 atom stereocenters. The molecule has 5 nitrogen and oxygen atoms in total. The summed E-state index contributed by atoms with van der Waals surface area (Å²) < 4.78 is 0. The molecule has 1 aromatic heterocycles. The molecule has 0 spiro atoms. The summed E-state index contributed by atoms with van der Waals surface area (Å²) in [5.74, 6) is 1.11.